The molecule has 1 aliphatic rings. The van der Waals surface area contributed by atoms with Gasteiger partial charge in [-0.1, -0.05) is 36.7 Å². The maximum Gasteiger partial charge on any atom is 0.389 e. The molecule has 0 atom stereocenters. The van der Waals surface area contributed by atoms with Crippen molar-refractivity contribution in [2.75, 3.05) is 5.32 Å². The van der Waals surface area contributed by atoms with Crippen LogP contribution >= 0.6 is 11.3 Å². The molecule has 1 aliphatic carbocycles. The van der Waals surface area contributed by atoms with Crippen molar-refractivity contribution in [3.8, 4) is 0 Å². The quantitative estimate of drug-likeness (QED) is 0.806. The van der Waals surface area contributed by atoms with Crippen LogP contribution in [0.1, 0.15) is 62.8 Å². The topological polar surface area (TPSA) is 37.8 Å². The normalized spacial score (nSPS) is 18.0. The summed E-state index contributed by atoms with van der Waals surface area (Å²) in [6, 6.07) is 0. The summed E-state index contributed by atoms with van der Waals surface area (Å²) in [4.78, 5) is 0. The standard InChI is InChI=1S/C14H20F3N3S/c1-2-11(8-9-14(15,16)17)18-13-20-19-12(21-13)10-6-4-3-5-7-10/h2,10H,3-9H2,1H3,(H,18,20)/b11-2+. The van der Waals surface area contributed by atoms with Crippen molar-refractivity contribution >= 4 is 16.5 Å². The van der Waals surface area contributed by atoms with Crippen molar-refractivity contribution in [1.82, 2.24) is 10.2 Å². The molecule has 118 valence electrons. The van der Waals surface area contributed by atoms with Gasteiger partial charge in [0.15, 0.2) is 0 Å². The van der Waals surface area contributed by atoms with Crippen LogP contribution in [-0.4, -0.2) is 16.4 Å². The van der Waals surface area contributed by atoms with Gasteiger partial charge < -0.3 is 5.32 Å². The van der Waals surface area contributed by atoms with Crippen LogP contribution in [0.5, 0.6) is 0 Å². The van der Waals surface area contributed by atoms with Gasteiger partial charge >= 0.3 is 6.18 Å². The number of aromatic nitrogens is 2. The van der Waals surface area contributed by atoms with Crippen molar-refractivity contribution in [2.24, 2.45) is 0 Å². The molecule has 0 amide bonds. The summed E-state index contributed by atoms with van der Waals surface area (Å²) in [5.74, 6) is 0.469. The van der Waals surface area contributed by atoms with E-state index in [1.165, 1.54) is 30.6 Å². The van der Waals surface area contributed by atoms with Gasteiger partial charge in [0.25, 0.3) is 0 Å². The molecule has 0 bridgehead atoms. The fourth-order valence-electron chi connectivity index (χ4n) is 2.49. The molecule has 0 aliphatic heterocycles. The van der Waals surface area contributed by atoms with Gasteiger partial charge in [0.2, 0.25) is 5.13 Å². The van der Waals surface area contributed by atoms with Gasteiger partial charge in [-0.2, -0.15) is 13.2 Å². The van der Waals surface area contributed by atoms with Crippen LogP contribution in [0.4, 0.5) is 18.3 Å². The maximum atomic E-state index is 12.3. The first-order valence-corrected chi connectivity index (χ1v) is 8.12. The molecule has 1 N–H and O–H groups in total. The second kappa shape index (κ2) is 7.24. The predicted octanol–water partition coefficient (Wildman–Crippen LogP) is 5.24. The summed E-state index contributed by atoms with van der Waals surface area (Å²) in [7, 11) is 0. The molecule has 3 nitrogen and oxygen atoms in total. The first-order chi connectivity index (χ1) is 9.98. The predicted molar refractivity (Wildman–Crippen MR) is 78.4 cm³/mol. The van der Waals surface area contributed by atoms with Crippen molar-refractivity contribution in [3.63, 3.8) is 0 Å². The van der Waals surface area contributed by atoms with E-state index in [2.05, 4.69) is 15.5 Å². The average Bonchev–Trinajstić information content (AvgIpc) is 2.92. The molecule has 21 heavy (non-hydrogen) atoms. The molecule has 1 aromatic rings. The van der Waals surface area contributed by atoms with Gasteiger partial charge in [-0.25, -0.2) is 0 Å². The van der Waals surface area contributed by atoms with Gasteiger partial charge in [-0.3, -0.25) is 0 Å². The summed E-state index contributed by atoms with van der Waals surface area (Å²) in [6.07, 6.45) is 2.64. The first kappa shape index (κ1) is 16.3. The van der Waals surface area contributed by atoms with E-state index >= 15 is 0 Å². The van der Waals surface area contributed by atoms with E-state index in [-0.39, 0.29) is 6.42 Å². The second-order valence-electron chi connectivity index (χ2n) is 5.33. The summed E-state index contributed by atoms with van der Waals surface area (Å²) in [5.41, 5.74) is 0.540. The molecule has 0 unspecified atom stereocenters. The zero-order chi connectivity index (χ0) is 15.3. The Morgan fingerprint density at radius 1 is 1.29 bits per heavy atom. The van der Waals surface area contributed by atoms with Crippen LogP contribution in [0, 0.1) is 0 Å². The Kier molecular flexibility index (Phi) is 5.61. The number of hydrogen-bond donors (Lipinski definition) is 1. The number of rotatable bonds is 5. The van der Waals surface area contributed by atoms with Gasteiger partial charge in [0.1, 0.15) is 5.01 Å². The highest BCUT2D eigenvalue weighted by Gasteiger charge is 2.27. The molecule has 0 radical (unpaired) electrons. The van der Waals surface area contributed by atoms with Crippen molar-refractivity contribution in [2.45, 2.75) is 64.0 Å². The molecule has 1 aromatic heterocycles. The molecule has 1 fully saturated rings. The van der Waals surface area contributed by atoms with E-state index in [0.717, 1.165) is 17.8 Å². The first-order valence-electron chi connectivity index (χ1n) is 7.30. The summed E-state index contributed by atoms with van der Waals surface area (Å²) in [6.45, 7) is 1.72. The van der Waals surface area contributed by atoms with E-state index in [1.54, 1.807) is 13.0 Å². The Bertz CT molecular complexity index is 476. The Labute approximate surface area is 126 Å². The Hall–Kier alpha value is -1.11. The van der Waals surface area contributed by atoms with E-state index < -0.39 is 12.6 Å². The minimum absolute atomic E-state index is 0.0572. The number of hydrogen-bond acceptors (Lipinski definition) is 4. The van der Waals surface area contributed by atoms with E-state index in [0.29, 0.717) is 16.7 Å². The van der Waals surface area contributed by atoms with Crippen LogP contribution in [-0.2, 0) is 0 Å². The second-order valence-corrected chi connectivity index (χ2v) is 6.34. The molecule has 2 rings (SSSR count). The van der Waals surface area contributed by atoms with Gasteiger partial charge in [0.05, 0.1) is 0 Å². The highest BCUT2D eigenvalue weighted by atomic mass is 32.1. The maximum absolute atomic E-state index is 12.3. The van der Waals surface area contributed by atoms with Crippen molar-refractivity contribution in [1.29, 1.82) is 0 Å². The average molecular weight is 319 g/mol. The van der Waals surface area contributed by atoms with Crippen LogP contribution < -0.4 is 5.32 Å². The lowest BCUT2D eigenvalue weighted by atomic mass is 9.90. The number of halogens is 3. The highest BCUT2D eigenvalue weighted by Crippen LogP contribution is 2.35. The molecular formula is C14H20F3N3S. The minimum atomic E-state index is -4.13. The summed E-state index contributed by atoms with van der Waals surface area (Å²) >= 11 is 1.46. The lowest BCUT2D eigenvalue weighted by molar-refractivity contribution is -0.133. The smallest absolute Gasteiger partial charge is 0.334 e. The minimum Gasteiger partial charge on any atom is -0.334 e. The van der Waals surface area contributed by atoms with E-state index in [1.807, 2.05) is 0 Å². The van der Waals surface area contributed by atoms with Crippen LogP contribution in [0.15, 0.2) is 11.8 Å². The lowest BCUT2D eigenvalue weighted by Crippen LogP contribution is -2.09. The third kappa shape index (κ3) is 5.30. The highest BCUT2D eigenvalue weighted by molar-refractivity contribution is 7.15. The Morgan fingerprint density at radius 3 is 2.62 bits per heavy atom. The largest absolute Gasteiger partial charge is 0.389 e. The van der Waals surface area contributed by atoms with E-state index in [4.69, 9.17) is 0 Å². The summed E-state index contributed by atoms with van der Waals surface area (Å²) < 4.78 is 36.8. The third-order valence-electron chi connectivity index (χ3n) is 3.69. The number of nitrogens with zero attached hydrogens (tertiary/aromatic N) is 2. The van der Waals surface area contributed by atoms with Gasteiger partial charge in [-0.05, 0) is 26.2 Å². The fourth-order valence-corrected chi connectivity index (χ4v) is 3.44. The number of nitrogens with one attached hydrogen (secondary N) is 1. The Balaban J connectivity index is 1.91. The molecule has 0 spiro atoms. The lowest BCUT2D eigenvalue weighted by Gasteiger charge is -2.18. The monoisotopic (exact) mass is 319 g/mol. The number of alkyl halides is 3. The van der Waals surface area contributed by atoms with Crippen LogP contribution in [0.3, 0.4) is 0 Å². The molecule has 0 saturated heterocycles. The molecule has 7 heteroatoms. The number of allylic oxidation sites excluding steroid dienone is 2. The van der Waals surface area contributed by atoms with Gasteiger partial charge in [-0.15, -0.1) is 10.2 Å². The molecule has 0 aromatic carbocycles. The van der Waals surface area contributed by atoms with Crippen molar-refractivity contribution in [3.05, 3.63) is 16.8 Å². The van der Waals surface area contributed by atoms with E-state index in [9.17, 15) is 13.2 Å². The number of anilines is 1. The molecule has 1 heterocycles. The van der Waals surface area contributed by atoms with Crippen LogP contribution in [0.2, 0.25) is 0 Å². The van der Waals surface area contributed by atoms with Gasteiger partial charge in [0, 0.05) is 18.0 Å². The van der Waals surface area contributed by atoms with Crippen molar-refractivity contribution < 1.29 is 13.2 Å². The van der Waals surface area contributed by atoms with Crippen LogP contribution in [0.25, 0.3) is 0 Å². The molecular weight excluding hydrogens is 299 g/mol. The SMILES string of the molecule is C/C=C(\CCC(F)(F)F)Nc1nnc(C2CCCCC2)s1. The summed E-state index contributed by atoms with van der Waals surface area (Å²) in [5, 5.41) is 12.8. The zero-order valence-electron chi connectivity index (χ0n) is 12.0. The molecule has 1 saturated carbocycles. The third-order valence-corrected chi connectivity index (χ3v) is 4.69. The fraction of sp³-hybridized carbons (Fsp3) is 0.714. The zero-order valence-corrected chi connectivity index (χ0v) is 12.9. The Morgan fingerprint density at radius 2 is 2.00 bits per heavy atom.